The molecular weight excluding hydrogens is 406 g/mol. The summed E-state index contributed by atoms with van der Waals surface area (Å²) in [6.45, 7) is 6.01. The van der Waals surface area contributed by atoms with Crippen LogP contribution in [0.2, 0.25) is 0 Å². The van der Waals surface area contributed by atoms with Crippen molar-refractivity contribution in [1.82, 2.24) is 4.72 Å². The van der Waals surface area contributed by atoms with E-state index >= 15 is 0 Å². The Labute approximate surface area is 157 Å². The molecule has 25 heavy (non-hydrogen) atoms. The van der Waals surface area contributed by atoms with Crippen LogP contribution < -0.4 is 14.2 Å². The molecule has 0 amide bonds. The Hall–Kier alpha value is -1.57. The maximum Gasteiger partial charge on any atom is 0.244 e. The SMILES string of the molecule is COc1ccc(Br)cc1S(=O)(=O)N[C@@H](C)COc1ccc(C)c(C)c1. The van der Waals surface area contributed by atoms with Crippen LogP contribution in [0.3, 0.4) is 0 Å². The fourth-order valence-corrected chi connectivity index (χ4v) is 4.18. The average Bonchev–Trinajstić information content (AvgIpc) is 2.55. The van der Waals surface area contributed by atoms with Crippen LogP contribution in [0.1, 0.15) is 18.1 Å². The minimum absolute atomic E-state index is 0.0856. The highest BCUT2D eigenvalue weighted by Crippen LogP contribution is 2.27. The molecule has 2 rings (SSSR count). The molecule has 1 N–H and O–H groups in total. The van der Waals surface area contributed by atoms with Crippen LogP contribution in [0.4, 0.5) is 0 Å². The largest absolute Gasteiger partial charge is 0.495 e. The summed E-state index contributed by atoms with van der Waals surface area (Å²) in [5, 5.41) is 0. The van der Waals surface area contributed by atoms with E-state index in [1.807, 2.05) is 32.0 Å². The molecule has 0 aromatic heterocycles. The molecule has 0 aliphatic carbocycles. The van der Waals surface area contributed by atoms with Crippen molar-refractivity contribution in [2.75, 3.05) is 13.7 Å². The molecule has 2 aromatic carbocycles. The van der Waals surface area contributed by atoms with Gasteiger partial charge in [0, 0.05) is 4.47 Å². The van der Waals surface area contributed by atoms with Gasteiger partial charge in [-0.05, 0) is 62.2 Å². The number of hydrogen-bond donors (Lipinski definition) is 1. The Balaban J connectivity index is 2.07. The van der Waals surface area contributed by atoms with Gasteiger partial charge in [-0.1, -0.05) is 22.0 Å². The van der Waals surface area contributed by atoms with Crippen LogP contribution in [-0.2, 0) is 10.0 Å². The van der Waals surface area contributed by atoms with Gasteiger partial charge in [-0.15, -0.1) is 0 Å². The fourth-order valence-electron chi connectivity index (χ4n) is 2.25. The third-order valence-electron chi connectivity index (χ3n) is 3.75. The average molecular weight is 428 g/mol. The van der Waals surface area contributed by atoms with E-state index in [1.54, 1.807) is 19.1 Å². The van der Waals surface area contributed by atoms with Gasteiger partial charge < -0.3 is 9.47 Å². The first-order valence-electron chi connectivity index (χ1n) is 7.79. The predicted molar refractivity (Wildman–Crippen MR) is 102 cm³/mol. The first kappa shape index (κ1) is 19.8. The molecule has 0 spiro atoms. The first-order chi connectivity index (χ1) is 11.7. The van der Waals surface area contributed by atoms with Gasteiger partial charge in [0.1, 0.15) is 23.0 Å². The van der Waals surface area contributed by atoms with Crippen LogP contribution in [0.25, 0.3) is 0 Å². The highest BCUT2D eigenvalue weighted by atomic mass is 79.9. The molecule has 0 radical (unpaired) electrons. The predicted octanol–water partition coefficient (Wildman–Crippen LogP) is 3.82. The Morgan fingerprint density at radius 1 is 1.12 bits per heavy atom. The summed E-state index contributed by atoms with van der Waals surface area (Å²) in [6, 6.07) is 10.2. The minimum atomic E-state index is -3.73. The maximum atomic E-state index is 12.6. The summed E-state index contributed by atoms with van der Waals surface area (Å²) >= 11 is 3.29. The van der Waals surface area contributed by atoms with Crippen molar-refractivity contribution in [1.29, 1.82) is 0 Å². The standard InChI is InChI=1S/C18H22BrNO4S/c1-12-5-7-16(9-13(12)2)24-11-14(3)20-25(21,22)18-10-15(19)6-8-17(18)23-4/h5-10,14,20H,11H2,1-4H3/t14-/m0/s1. The number of rotatable bonds is 7. The lowest BCUT2D eigenvalue weighted by molar-refractivity contribution is 0.287. The van der Waals surface area contributed by atoms with Crippen LogP contribution in [0.15, 0.2) is 45.8 Å². The van der Waals surface area contributed by atoms with Crippen molar-refractivity contribution >= 4 is 26.0 Å². The lowest BCUT2D eigenvalue weighted by atomic mass is 10.1. The summed E-state index contributed by atoms with van der Waals surface area (Å²) in [5.41, 5.74) is 2.31. The summed E-state index contributed by atoms with van der Waals surface area (Å²) in [4.78, 5) is 0.0856. The van der Waals surface area contributed by atoms with E-state index in [0.717, 1.165) is 5.56 Å². The highest BCUT2D eigenvalue weighted by Gasteiger charge is 2.22. The minimum Gasteiger partial charge on any atom is -0.495 e. The number of nitrogens with one attached hydrogen (secondary N) is 1. The van der Waals surface area contributed by atoms with Gasteiger partial charge in [0.2, 0.25) is 10.0 Å². The van der Waals surface area contributed by atoms with Crippen molar-refractivity contribution in [2.45, 2.75) is 31.7 Å². The van der Waals surface area contributed by atoms with Gasteiger partial charge in [0.25, 0.3) is 0 Å². The van der Waals surface area contributed by atoms with Crippen molar-refractivity contribution in [3.05, 3.63) is 52.0 Å². The molecule has 0 heterocycles. The lowest BCUT2D eigenvalue weighted by Gasteiger charge is -2.17. The number of halogens is 1. The van der Waals surface area contributed by atoms with Crippen LogP contribution >= 0.6 is 15.9 Å². The highest BCUT2D eigenvalue weighted by molar-refractivity contribution is 9.10. The molecule has 0 saturated heterocycles. The smallest absolute Gasteiger partial charge is 0.244 e. The molecule has 0 saturated carbocycles. The van der Waals surface area contributed by atoms with E-state index in [1.165, 1.54) is 18.7 Å². The monoisotopic (exact) mass is 427 g/mol. The second kappa shape index (κ2) is 8.21. The van der Waals surface area contributed by atoms with Gasteiger partial charge in [0.05, 0.1) is 13.2 Å². The molecule has 136 valence electrons. The molecule has 7 heteroatoms. The fraction of sp³-hybridized carbons (Fsp3) is 0.333. The Bertz CT molecular complexity index is 852. The summed E-state index contributed by atoms with van der Waals surface area (Å²) < 4.78 is 39.4. The summed E-state index contributed by atoms with van der Waals surface area (Å²) in [7, 11) is -2.29. The quantitative estimate of drug-likeness (QED) is 0.729. The van der Waals surface area contributed by atoms with Crippen molar-refractivity contribution in [2.24, 2.45) is 0 Å². The van der Waals surface area contributed by atoms with E-state index in [4.69, 9.17) is 9.47 Å². The molecule has 0 aliphatic heterocycles. The van der Waals surface area contributed by atoms with Gasteiger partial charge in [-0.2, -0.15) is 0 Å². The van der Waals surface area contributed by atoms with E-state index in [9.17, 15) is 8.42 Å². The third kappa shape index (κ3) is 5.20. The number of ether oxygens (including phenoxy) is 2. The van der Waals surface area contributed by atoms with Crippen LogP contribution in [0, 0.1) is 13.8 Å². The lowest BCUT2D eigenvalue weighted by Crippen LogP contribution is -2.36. The number of hydrogen-bond acceptors (Lipinski definition) is 4. The van der Waals surface area contributed by atoms with Gasteiger partial charge in [-0.3, -0.25) is 0 Å². The number of aryl methyl sites for hydroxylation is 2. The summed E-state index contributed by atoms with van der Waals surface area (Å²) in [6.07, 6.45) is 0. The van der Waals surface area contributed by atoms with Crippen molar-refractivity contribution in [3.8, 4) is 11.5 Å². The van der Waals surface area contributed by atoms with E-state index in [-0.39, 0.29) is 17.3 Å². The molecule has 0 fully saturated rings. The second-order valence-corrected chi connectivity index (χ2v) is 8.47. The van der Waals surface area contributed by atoms with Crippen LogP contribution in [-0.4, -0.2) is 28.2 Å². The molecule has 0 bridgehead atoms. The second-order valence-electron chi connectivity index (χ2n) is 5.87. The topological polar surface area (TPSA) is 64.6 Å². The van der Waals surface area contributed by atoms with E-state index in [2.05, 4.69) is 20.7 Å². The zero-order chi connectivity index (χ0) is 18.6. The number of benzene rings is 2. The summed E-state index contributed by atoms with van der Waals surface area (Å²) in [5.74, 6) is 1.01. The number of methoxy groups -OCH3 is 1. The molecule has 1 atom stereocenters. The zero-order valence-corrected chi connectivity index (χ0v) is 17.1. The molecule has 0 aliphatic rings. The van der Waals surface area contributed by atoms with Crippen LogP contribution in [0.5, 0.6) is 11.5 Å². The molecular formula is C18H22BrNO4S. The van der Waals surface area contributed by atoms with E-state index < -0.39 is 16.1 Å². The Kier molecular flexibility index (Phi) is 6.48. The van der Waals surface area contributed by atoms with E-state index in [0.29, 0.717) is 10.2 Å². The van der Waals surface area contributed by atoms with Gasteiger partial charge in [-0.25, -0.2) is 13.1 Å². The first-order valence-corrected chi connectivity index (χ1v) is 10.1. The Morgan fingerprint density at radius 2 is 1.84 bits per heavy atom. The maximum absolute atomic E-state index is 12.6. The molecule has 0 unspecified atom stereocenters. The normalized spacial score (nSPS) is 12.7. The zero-order valence-electron chi connectivity index (χ0n) is 14.7. The number of sulfonamides is 1. The molecule has 2 aromatic rings. The Morgan fingerprint density at radius 3 is 2.48 bits per heavy atom. The van der Waals surface area contributed by atoms with Crippen molar-refractivity contribution in [3.63, 3.8) is 0 Å². The van der Waals surface area contributed by atoms with Crippen molar-refractivity contribution < 1.29 is 17.9 Å². The van der Waals surface area contributed by atoms with Gasteiger partial charge in [0.15, 0.2) is 0 Å². The third-order valence-corrected chi connectivity index (χ3v) is 5.85. The van der Waals surface area contributed by atoms with Gasteiger partial charge >= 0.3 is 0 Å². The molecule has 5 nitrogen and oxygen atoms in total.